The number of fused-ring (bicyclic) bond motifs is 1. The average Bonchev–Trinajstić information content (AvgIpc) is 2.72. The van der Waals surface area contributed by atoms with Crippen LogP contribution in [0.5, 0.6) is 0 Å². The van der Waals surface area contributed by atoms with Crippen molar-refractivity contribution in [1.29, 1.82) is 0 Å². The van der Waals surface area contributed by atoms with Crippen molar-refractivity contribution in [1.82, 2.24) is 14.5 Å². The molecular formula is C14H19ClN4. The van der Waals surface area contributed by atoms with Crippen molar-refractivity contribution in [3.63, 3.8) is 0 Å². The second kappa shape index (κ2) is 5.74. The van der Waals surface area contributed by atoms with E-state index in [0.29, 0.717) is 0 Å². The summed E-state index contributed by atoms with van der Waals surface area (Å²) in [6, 6.07) is 10.6. The van der Waals surface area contributed by atoms with Crippen LogP contribution >= 0.6 is 12.4 Å². The lowest BCUT2D eigenvalue weighted by Crippen LogP contribution is -2.37. The van der Waals surface area contributed by atoms with E-state index in [1.54, 1.807) is 0 Å². The summed E-state index contributed by atoms with van der Waals surface area (Å²) >= 11 is 0. The Bertz CT molecular complexity index is 538. The summed E-state index contributed by atoms with van der Waals surface area (Å²) in [5.74, 6) is 0. The summed E-state index contributed by atoms with van der Waals surface area (Å²) < 4.78 is 2.04. The molecule has 0 saturated heterocycles. The minimum atomic E-state index is 0. The van der Waals surface area contributed by atoms with Gasteiger partial charge in [0.1, 0.15) is 0 Å². The maximum Gasteiger partial charge on any atom is 0.0950 e. The Morgan fingerprint density at radius 3 is 2.79 bits per heavy atom. The molecule has 1 atom stereocenters. The zero-order valence-corrected chi connectivity index (χ0v) is 11.8. The molecule has 0 aliphatic carbocycles. The van der Waals surface area contributed by atoms with E-state index >= 15 is 0 Å². The maximum atomic E-state index is 6.23. The molecule has 3 rings (SSSR count). The van der Waals surface area contributed by atoms with Gasteiger partial charge < -0.3 is 10.3 Å². The first-order chi connectivity index (χ1) is 8.74. The van der Waals surface area contributed by atoms with E-state index in [4.69, 9.17) is 5.73 Å². The van der Waals surface area contributed by atoms with E-state index in [1.165, 1.54) is 11.3 Å². The highest BCUT2D eigenvalue weighted by atomic mass is 35.5. The summed E-state index contributed by atoms with van der Waals surface area (Å²) in [6.07, 6.45) is 1.86. The fourth-order valence-corrected chi connectivity index (χ4v) is 2.69. The molecule has 0 saturated carbocycles. The van der Waals surface area contributed by atoms with E-state index in [-0.39, 0.29) is 18.4 Å². The summed E-state index contributed by atoms with van der Waals surface area (Å²) in [7, 11) is 2.01. The number of nitrogens with two attached hydrogens (primary N) is 1. The van der Waals surface area contributed by atoms with Crippen LogP contribution in [0, 0.1) is 0 Å². The van der Waals surface area contributed by atoms with Crippen molar-refractivity contribution in [2.75, 3.05) is 6.54 Å². The van der Waals surface area contributed by atoms with Crippen LogP contribution in [0.4, 0.5) is 0 Å². The minimum Gasteiger partial charge on any atom is -0.336 e. The first kappa shape index (κ1) is 14.1. The van der Waals surface area contributed by atoms with Gasteiger partial charge in [-0.05, 0) is 5.56 Å². The molecule has 1 aliphatic rings. The number of rotatable bonds is 2. The standard InChI is InChI=1S/C14H18N4.ClH/c1-17-10-16-13-9-18(8-12(15)14(13)17)7-11-5-3-2-4-6-11;/h2-6,10,12H,7-9,15H2,1H3;1H. The Morgan fingerprint density at radius 2 is 2.05 bits per heavy atom. The number of benzene rings is 1. The third-order valence-electron chi connectivity index (χ3n) is 3.49. The Hall–Kier alpha value is -1.36. The van der Waals surface area contributed by atoms with Gasteiger partial charge in [0.2, 0.25) is 0 Å². The Labute approximate surface area is 119 Å². The largest absolute Gasteiger partial charge is 0.336 e. The normalized spacial score (nSPS) is 18.7. The van der Waals surface area contributed by atoms with Crippen molar-refractivity contribution in [3.8, 4) is 0 Å². The SMILES string of the molecule is Cl.Cn1cnc2c1C(N)CN(Cc1ccccc1)C2. The first-order valence-electron chi connectivity index (χ1n) is 6.26. The summed E-state index contributed by atoms with van der Waals surface area (Å²) in [4.78, 5) is 6.80. The van der Waals surface area contributed by atoms with Crippen molar-refractivity contribution in [2.45, 2.75) is 19.1 Å². The van der Waals surface area contributed by atoms with Gasteiger partial charge in [-0.2, -0.15) is 0 Å². The van der Waals surface area contributed by atoms with Crippen LogP contribution in [-0.4, -0.2) is 21.0 Å². The van der Waals surface area contributed by atoms with E-state index in [0.717, 1.165) is 25.3 Å². The number of nitrogens with zero attached hydrogens (tertiary/aromatic N) is 3. The number of imidazole rings is 1. The number of aryl methyl sites for hydroxylation is 1. The van der Waals surface area contributed by atoms with Crippen LogP contribution in [0.3, 0.4) is 0 Å². The van der Waals surface area contributed by atoms with Crippen molar-refractivity contribution in [2.24, 2.45) is 12.8 Å². The molecule has 2 aromatic rings. The molecule has 1 unspecified atom stereocenters. The lowest BCUT2D eigenvalue weighted by molar-refractivity contribution is 0.217. The van der Waals surface area contributed by atoms with E-state index in [2.05, 4.69) is 34.1 Å². The molecule has 0 amide bonds. The summed E-state index contributed by atoms with van der Waals surface area (Å²) in [5.41, 5.74) is 9.85. The van der Waals surface area contributed by atoms with Gasteiger partial charge >= 0.3 is 0 Å². The Kier molecular flexibility index (Phi) is 4.24. The molecule has 0 radical (unpaired) electrons. The molecule has 4 nitrogen and oxygen atoms in total. The lowest BCUT2D eigenvalue weighted by atomic mass is 10.1. The molecule has 2 heterocycles. The fraction of sp³-hybridized carbons (Fsp3) is 0.357. The van der Waals surface area contributed by atoms with Crippen LogP contribution in [0.25, 0.3) is 0 Å². The molecule has 0 spiro atoms. The Morgan fingerprint density at radius 1 is 1.32 bits per heavy atom. The van der Waals surface area contributed by atoms with Crippen molar-refractivity contribution < 1.29 is 0 Å². The van der Waals surface area contributed by atoms with Crippen LogP contribution in [0.2, 0.25) is 0 Å². The highest BCUT2D eigenvalue weighted by Crippen LogP contribution is 2.24. The third kappa shape index (κ3) is 2.81. The van der Waals surface area contributed by atoms with Crippen molar-refractivity contribution >= 4 is 12.4 Å². The maximum absolute atomic E-state index is 6.23. The molecule has 1 aromatic carbocycles. The lowest BCUT2D eigenvalue weighted by Gasteiger charge is -2.30. The molecule has 19 heavy (non-hydrogen) atoms. The van der Waals surface area contributed by atoms with Gasteiger partial charge in [0.15, 0.2) is 0 Å². The molecule has 1 aliphatic heterocycles. The molecule has 0 fully saturated rings. The number of halogens is 1. The molecule has 5 heteroatoms. The molecule has 0 bridgehead atoms. The molecule has 2 N–H and O–H groups in total. The zero-order chi connectivity index (χ0) is 12.5. The van der Waals surface area contributed by atoms with Crippen LogP contribution in [0.1, 0.15) is 23.0 Å². The van der Waals surface area contributed by atoms with E-state index in [9.17, 15) is 0 Å². The number of hydrogen-bond donors (Lipinski definition) is 1. The highest BCUT2D eigenvalue weighted by Gasteiger charge is 2.26. The fourth-order valence-electron chi connectivity index (χ4n) is 2.69. The second-order valence-corrected chi connectivity index (χ2v) is 4.95. The monoisotopic (exact) mass is 278 g/mol. The Balaban J connectivity index is 0.00000133. The zero-order valence-electron chi connectivity index (χ0n) is 11.0. The van der Waals surface area contributed by atoms with E-state index in [1.807, 2.05) is 24.0 Å². The molecule has 1 aromatic heterocycles. The quantitative estimate of drug-likeness (QED) is 0.912. The molecule has 102 valence electrons. The predicted octanol–water partition coefficient (Wildman–Crippen LogP) is 1.86. The number of aromatic nitrogens is 2. The van der Waals surface area contributed by atoms with Crippen LogP contribution in [0.15, 0.2) is 36.7 Å². The van der Waals surface area contributed by atoms with Gasteiger partial charge in [-0.3, -0.25) is 4.90 Å². The predicted molar refractivity (Wildman–Crippen MR) is 77.9 cm³/mol. The van der Waals surface area contributed by atoms with Gasteiger partial charge in [-0.1, -0.05) is 30.3 Å². The van der Waals surface area contributed by atoms with Gasteiger partial charge in [0, 0.05) is 26.7 Å². The van der Waals surface area contributed by atoms with Gasteiger partial charge in [0.05, 0.1) is 23.8 Å². The number of hydrogen-bond acceptors (Lipinski definition) is 3. The topological polar surface area (TPSA) is 47.1 Å². The van der Waals surface area contributed by atoms with Crippen LogP contribution in [-0.2, 0) is 20.1 Å². The molecular weight excluding hydrogens is 260 g/mol. The van der Waals surface area contributed by atoms with E-state index < -0.39 is 0 Å². The van der Waals surface area contributed by atoms with Gasteiger partial charge in [-0.25, -0.2) is 4.98 Å². The van der Waals surface area contributed by atoms with Crippen molar-refractivity contribution in [3.05, 3.63) is 53.6 Å². The average molecular weight is 279 g/mol. The minimum absolute atomic E-state index is 0. The third-order valence-corrected chi connectivity index (χ3v) is 3.49. The smallest absolute Gasteiger partial charge is 0.0950 e. The van der Waals surface area contributed by atoms with Crippen LogP contribution < -0.4 is 5.73 Å². The summed E-state index contributed by atoms with van der Waals surface area (Å²) in [6.45, 7) is 2.71. The second-order valence-electron chi connectivity index (χ2n) is 4.95. The van der Waals surface area contributed by atoms with Gasteiger partial charge in [0.25, 0.3) is 0 Å². The highest BCUT2D eigenvalue weighted by molar-refractivity contribution is 5.85. The summed E-state index contributed by atoms with van der Waals surface area (Å²) in [5, 5.41) is 0. The first-order valence-corrected chi connectivity index (χ1v) is 6.26. The van der Waals surface area contributed by atoms with Gasteiger partial charge in [-0.15, -0.1) is 12.4 Å².